The number of halogens is 1. The second kappa shape index (κ2) is 6.55. The third-order valence-corrected chi connectivity index (χ3v) is 3.78. The molecule has 2 rings (SSSR count). The molecule has 0 atom stereocenters. The summed E-state index contributed by atoms with van der Waals surface area (Å²) >= 11 is 7.60. The van der Waals surface area contributed by atoms with E-state index in [0.29, 0.717) is 22.9 Å². The molecule has 0 unspecified atom stereocenters. The minimum atomic E-state index is 0.407. The maximum absolute atomic E-state index is 8.79. The van der Waals surface area contributed by atoms with Crippen molar-refractivity contribution in [1.29, 1.82) is 5.26 Å². The van der Waals surface area contributed by atoms with Crippen molar-refractivity contribution in [3.05, 3.63) is 44.9 Å². The summed E-state index contributed by atoms with van der Waals surface area (Å²) in [6.45, 7) is 2.55. The summed E-state index contributed by atoms with van der Waals surface area (Å²) in [6, 6.07) is 7.06. The predicted octanol–water partition coefficient (Wildman–Crippen LogP) is 4.20. The number of thiazole rings is 1. The summed E-state index contributed by atoms with van der Waals surface area (Å²) in [5, 5.41) is 12.3. The second-order valence-corrected chi connectivity index (χ2v) is 5.37. The van der Waals surface area contributed by atoms with Gasteiger partial charge in [-0.25, -0.2) is 4.98 Å². The first-order valence-corrected chi connectivity index (χ1v) is 7.24. The van der Waals surface area contributed by atoms with Crippen LogP contribution in [0.4, 0.5) is 0 Å². The van der Waals surface area contributed by atoms with E-state index in [9.17, 15) is 0 Å². The zero-order chi connectivity index (χ0) is 13.7. The van der Waals surface area contributed by atoms with E-state index in [1.54, 1.807) is 29.5 Å². The topological polar surface area (TPSA) is 45.9 Å². The number of aryl methyl sites for hydroxylation is 1. The lowest BCUT2D eigenvalue weighted by Crippen LogP contribution is -1.96. The summed E-state index contributed by atoms with van der Waals surface area (Å²) in [6.07, 6.45) is 2.10. The molecule has 0 radical (unpaired) electrons. The SMILES string of the molecule is CCCc1nc(COc2ccc(C#N)c(Cl)c2)cs1. The molecule has 1 heterocycles. The van der Waals surface area contributed by atoms with Crippen molar-refractivity contribution >= 4 is 22.9 Å². The first-order valence-electron chi connectivity index (χ1n) is 5.98. The van der Waals surface area contributed by atoms with E-state index in [0.717, 1.165) is 23.5 Å². The Balaban J connectivity index is 1.98. The summed E-state index contributed by atoms with van der Waals surface area (Å²) in [7, 11) is 0. The highest BCUT2D eigenvalue weighted by molar-refractivity contribution is 7.09. The van der Waals surface area contributed by atoms with Crippen LogP contribution in [0.3, 0.4) is 0 Å². The van der Waals surface area contributed by atoms with Crippen LogP contribution in [0.15, 0.2) is 23.6 Å². The highest BCUT2D eigenvalue weighted by Gasteiger charge is 2.04. The van der Waals surface area contributed by atoms with Gasteiger partial charge in [-0.1, -0.05) is 18.5 Å². The van der Waals surface area contributed by atoms with Gasteiger partial charge in [0.2, 0.25) is 0 Å². The lowest BCUT2D eigenvalue weighted by atomic mass is 10.2. The van der Waals surface area contributed by atoms with Gasteiger partial charge in [-0.2, -0.15) is 5.26 Å². The smallest absolute Gasteiger partial charge is 0.131 e. The molecule has 0 saturated carbocycles. The van der Waals surface area contributed by atoms with Gasteiger partial charge in [-0.3, -0.25) is 0 Å². The van der Waals surface area contributed by atoms with Crippen molar-refractivity contribution in [1.82, 2.24) is 4.98 Å². The Morgan fingerprint density at radius 1 is 1.47 bits per heavy atom. The van der Waals surface area contributed by atoms with Crippen LogP contribution in [0, 0.1) is 11.3 Å². The minimum Gasteiger partial charge on any atom is -0.487 e. The maximum atomic E-state index is 8.79. The third kappa shape index (κ3) is 3.69. The Bertz CT molecular complexity index is 604. The van der Waals surface area contributed by atoms with Gasteiger partial charge in [0.05, 0.1) is 21.3 Å². The summed E-state index contributed by atoms with van der Waals surface area (Å²) < 4.78 is 5.61. The van der Waals surface area contributed by atoms with E-state index in [-0.39, 0.29) is 0 Å². The number of aromatic nitrogens is 1. The maximum Gasteiger partial charge on any atom is 0.131 e. The molecule has 3 nitrogen and oxygen atoms in total. The zero-order valence-electron chi connectivity index (χ0n) is 10.5. The van der Waals surface area contributed by atoms with Crippen LogP contribution in [0.2, 0.25) is 5.02 Å². The summed E-state index contributed by atoms with van der Waals surface area (Å²) in [4.78, 5) is 4.48. The van der Waals surface area contributed by atoms with Crippen LogP contribution in [0.25, 0.3) is 0 Å². The van der Waals surface area contributed by atoms with E-state index in [1.807, 2.05) is 11.4 Å². The van der Waals surface area contributed by atoms with E-state index in [1.165, 1.54) is 0 Å². The van der Waals surface area contributed by atoms with Crippen LogP contribution < -0.4 is 4.74 Å². The van der Waals surface area contributed by atoms with Crippen LogP contribution in [0.1, 0.15) is 29.6 Å². The Morgan fingerprint density at radius 3 is 3.00 bits per heavy atom. The third-order valence-electron chi connectivity index (χ3n) is 2.51. The van der Waals surface area contributed by atoms with Crippen LogP contribution in [-0.2, 0) is 13.0 Å². The van der Waals surface area contributed by atoms with Crippen LogP contribution in [0.5, 0.6) is 5.75 Å². The van der Waals surface area contributed by atoms with Gasteiger partial charge >= 0.3 is 0 Å². The highest BCUT2D eigenvalue weighted by Crippen LogP contribution is 2.23. The Kier molecular flexibility index (Phi) is 4.78. The summed E-state index contributed by atoms with van der Waals surface area (Å²) in [5.74, 6) is 0.647. The fourth-order valence-corrected chi connectivity index (χ4v) is 2.68. The molecule has 0 spiro atoms. The van der Waals surface area contributed by atoms with Crippen molar-refractivity contribution < 1.29 is 4.74 Å². The minimum absolute atomic E-state index is 0.407. The van der Waals surface area contributed by atoms with Crippen molar-refractivity contribution in [2.75, 3.05) is 0 Å². The van der Waals surface area contributed by atoms with Gasteiger partial charge in [0.15, 0.2) is 0 Å². The Hall–Kier alpha value is -1.57. The van der Waals surface area contributed by atoms with Gasteiger partial charge < -0.3 is 4.74 Å². The van der Waals surface area contributed by atoms with Gasteiger partial charge in [0.1, 0.15) is 18.4 Å². The zero-order valence-corrected chi connectivity index (χ0v) is 12.1. The number of benzene rings is 1. The molecule has 0 fully saturated rings. The molecule has 98 valence electrons. The Morgan fingerprint density at radius 2 is 2.32 bits per heavy atom. The molecule has 0 saturated heterocycles. The quantitative estimate of drug-likeness (QED) is 0.829. The normalized spacial score (nSPS) is 10.2. The molecule has 0 amide bonds. The molecule has 1 aromatic carbocycles. The number of nitriles is 1. The van der Waals surface area contributed by atoms with Gasteiger partial charge in [0, 0.05) is 11.4 Å². The molecule has 0 aliphatic rings. The highest BCUT2D eigenvalue weighted by atomic mass is 35.5. The van der Waals surface area contributed by atoms with Gasteiger partial charge in [0.25, 0.3) is 0 Å². The molecule has 0 N–H and O–H groups in total. The van der Waals surface area contributed by atoms with Crippen LogP contribution >= 0.6 is 22.9 Å². The van der Waals surface area contributed by atoms with E-state index in [2.05, 4.69) is 11.9 Å². The Labute approximate surface area is 121 Å². The number of rotatable bonds is 5. The van der Waals surface area contributed by atoms with E-state index < -0.39 is 0 Å². The largest absolute Gasteiger partial charge is 0.487 e. The van der Waals surface area contributed by atoms with E-state index >= 15 is 0 Å². The molecular formula is C14H13ClN2OS. The van der Waals surface area contributed by atoms with Crippen molar-refractivity contribution in [3.8, 4) is 11.8 Å². The van der Waals surface area contributed by atoms with Crippen LogP contribution in [-0.4, -0.2) is 4.98 Å². The molecule has 1 aromatic heterocycles. The lowest BCUT2D eigenvalue weighted by molar-refractivity contribution is 0.302. The van der Waals surface area contributed by atoms with Gasteiger partial charge in [-0.15, -0.1) is 11.3 Å². The van der Waals surface area contributed by atoms with Gasteiger partial charge in [-0.05, 0) is 25.0 Å². The molecule has 0 aliphatic carbocycles. The molecule has 5 heteroatoms. The monoisotopic (exact) mass is 292 g/mol. The summed E-state index contributed by atoms with van der Waals surface area (Å²) in [5.41, 5.74) is 1.38. The lowest BCUT2D eigenvalue weighted by Gasteiger charge is -2.05. The average molecular weight is 293 g/mol. The number of ether oxygens (including phenoxy) is 1. The molecule has 2 aromatic rings. The molecule has 19 heavy (non-hydrogen) atoms. The average Bonchev–Trinajstić information content (AvgIpc) is 2.85. The first kappa shape index (κ1) is 13.9. The predicted molar refractivity (Wildman–Crippen MR) is 76.6 cm³/mol. The number of hydrogen-bond donors (Lipinski definition) is 0. The second-order valence-electron chi connectivity index (χ2n) is 4.02. The molecule has 0 aliphatic heterocycles. The van der Waals surface area contributed by atoms with E-state index in [4.69, 9.17) is 21.6 Å². The fraction of sp³-hybridized carbons (Fsp3) is 0.286. The number of nitrogens with zero attached hydrogens (tertiary/aromatic N) is 2. The van der Waals surface area contributed by atoms with Crippen molar-refractivity contribution in [2.24, 2.45) is 0 Å². The number of hydrogen-bond acceptors (Lipinski definition) is 4. The van der Waals surface area contributed by atoms with Crippen molar-refractivity contribution in [3.63, 3.8) is 0 Å². The first-order chi connectivity index (χ1) is 9.22. The van der Waals surface area contributed by atoms with Crippen molar-refractivity contribution in [2.45, 2.75) is 26.4 Å². The molecular weight excluding hydrogens is 280 g/mol. The fourth-order valence-electron chi connectivity index (χ4n) is 1.58. The molecule has 0 bridgehead atoms. The standard InChI is InChI=1S/C14H13ClN2OS/c1-2-3-14-17-11(9-19-14)8-18-12-5-4-10(7-16)13(15)6-12/h4-6,9H,2-3,8H2,1H3.